The highest BCUT2D eigenvalue weighted by Crippen LogP contribution is 2.23. The topological polar surface area (TPSA) is 53.6 Å². The molecule has 2 N–H and O–H groups in total. The van der Waals surface area contributed by atoms with Crippen molar-refractivity contribution in [3.05, 3.63) is 54.1 Å². The van der Waals surface area contributed by atoms with Crippen LogP contribution in [0.1, 0.15) is 18.4 Å². The van der Waals surface area contributed by atoms with Gasteiger partial charge in [0, 0.05) is 30.9 Å². The van der Waals surface area contributed by atoms with Crippen molar-refractivity contribution in [3.8, 4) is 5.75 Å². The summed E-state index contributed by atoms with van der Waals surface area (Å²) < 4.78 is 5.16. The van der Waals surface area contributed by atoms with Gasteiger partial charge in [-0.25, -0.2) is 0 Å². The molecule has 2 aromatic carbocycles. The molecule has 136 valence electrons. The van der Waals surface area contributed by atoms with Crippen LogP contribution in [0.2, 0.25) is 0 Å². The zero-order valence-corrected chi connectivity index (χ0v) is 15.6. The number of benzene rings is 2. The molecule has 0 unspecified atom stereocenters. The lowest BCUT2D eigenvalue weighted by Crippen LogP contribution is -2.30. The molecule has 1 heterocycles. The Hall–Kier alpha value is -2.60. The maximum absolute atomic E-state index is 11.8. The van der Waals surface area contributed by atoms with Crippen molar-refractivity contribution in [2.24, 2.45) is 0 Å². The van der Waals surface area contributed by atoms with Gasteiger partial charge < -0.3 is 20.3 Å². The van der Waals surface area contributed by atoms with Gasteiger partial charge in [0.05, 0.1) is 7.11 Å². The second kappa shape index (κ2) is 8.67. The Bertz CT molecular complexity index is 760. The van der Waals surface area contributed by atoms with Crippen LogP contribution in [-0.4, -0.2) is 31.2 Å². The van der Waals surface area contributed by atoms with E-state index in [-0.39, 0.29) is 5.91 Å². The number of amides is 1. The molecule has 0 saturated carbocycles. The summed E-state index contributed by atoms with van der Waals surface area (Å²) in [6, 6.07) is 15.8. The van der Waals surface area contributed by atoms with Crippen LogP contribution in [0.3, 0.4) is 0 Å². The van der Waals surface area contributed by atoms with Crippen molar-refractivity contribution >= 4 is 34.6 Å². The molecular formula is C20H23N3O2S. The number of hydrogen-bond acceptors (Lipinski definition) is 3. The Kier molecular flexibility index (Phi) is 6.07. The maximum atomic E-state index is 11.8. The van der Waals surface area contributed by atoms with E-state index in [1.807, 2.05) is 41.3 Å². The number of methoxy groups -OCH3 is 1. The fraction of sp³-hybridized carbons (Fsp3) is 0.300. The summed E-state index contributed by atoms with van der Waals surface area (Å²) in [6.45, 7) is 1.55. The molecule has 6 heteroatoms. The molecule has 0 aromatic heterocycles. The molecule has 0 atom stereocenters. The zero-order valence-electron chi connectivity index (χ0n) is 14.8. The first-order valence-electron chi connectivity index (χ1n) is 8.74. The largest absolute Gasteiger partial charge is 0.497 e. The molecule has 1 aliphatic heterocycles. The summed E-state index contributed by atoms with van der Waals surface area (Å²) >= 11 is 5.34. The van der Waals surface area contributed by atoms with Gasteiger partial charge in [-0.2, -0.15) is 0 Å². The van der Waals surface area contributed by atoms with E-state index in [0.717, 1.165) is 43.1 Å². The number of nitrogens with zero attached hydrogens (tertiary/aromatic N) is 1. The average Bonchev–Trinajstić information content (AvgIpc) is 3.09. The molecule has 2 aromatic rings. The quantitative estimate of drug-likeness (QED) is 0.765. The van der Waals surface area contributed by atoms with Gasteiger partial charge >= 0.3 is 0 Å². The van der Waals surface area contributed by atoms with Crippen LogP contribution in [0.5, 0.6) is 5.75 Å². The van der Waals surface area contributed by atoms with Crippen molar-refractivity contribution in [3.63, 3.8) is 0 Å². The van der Waals surface area contributed by atoms with E-state index in [4.69, 9.17) is 17.0 Å². The molecule has 1 amide bonds. The summed E-state index contributed by atoms with van der Waals surface area (Å²) in [7, 11) is 1.66. The minimum absolute atomic E-state index is 0.196. The number of nitrogens with one attached hydrogen (secondary N) is 2. The van der Waals surface area contributed by atoms with Crippen LogP contribution in [0.4, 0.5) is 11.4 Å². The van der Waals surface area contributed by atoms with E-state index in [1.54, 1.807) is 7.11 Å². The average molecular weight is 369 g/mol. The molecule has 5 nitrogen and oxygen atoms in total. The summed E-state index contributed by atoms with van der Waals surface area (Å²) in [4.78, 5) is 13.6. The third kappa shape index (κ3) is 4.73. The molecule has 0 radical (unpaired) electrons. The van der Waals surface area contributed by atoms with Crippen molar-refractivity contribution < 1.29 is 9.53 Å². The van der Waals surface area contributed by atoms with Crippen molar-refractivity contribution in [1.82, 2.24) is 5.32 Å². The number of hydrogen-bond donors (Lipinski definition) is 2. The zero-order chi connectivity index (χ0) is 18.4. The lowest BCUT2D eigenvalue weighted by Gasteiger charge is -2.16. The van der Waals surface area contributed by atoms with Crippen LogP contribution < -0.4 is 20.3 Å². The highest BCUT2D eigenvalue weighted by molar-refractivity contribution is 7.80. The lowest BCUT2D eigenvalue weighted by molar-refractivity contribution is -0.117. The van der Waals surface area contributed by atoms with Gasteiger partial charge in [-0.1, -0.05) is 12.1 Å². The molecular weight excluding hydrogens is 346 g/mol. The number of carbonyl (C=O) groups excluding carboxylic acids is 1. The Morgan fingerprint density at radius 1 is 1.15 bits per heavy atom. The molecule has 1 fully saturated rings. The van der Waals surface area contributed by atoms with E-state index < -0.39 is 0 Å². The van der Waals surface area contributed by atoms with Gasteiger partial charge in [-0.3, -0.25) is 4.79 Å². The van der Waals surface area contributed by atoms with Gasteiger partial charge in [-0.15, -0.1) is 0 Å². The number of ether oxygens (including phenoxy) is 1. The molecule has 1 aliphatic rings. The second-order valence-electron chi connectivity index (χ2n) is 6.17. The minimum atomic E-state index is 0.196. The Morgan fingerprint density at radius 2 is 1.88 bits per heavy atom. The van der Waals surface area contributed by atoms with Crippen molar-refractivity contribution in [2.75, 3.05) is 30.4 Å². The van der Waals surface area contributed by atoms with E-state index in [1.165, 1.54) is 5.56 Å². The van der Waals surface area contributed by atoms with E-state index in [0.29, 0.717) is 11.5 Å². The van der Waals surface area contributed by atoms with Gasteiger partial charge in [0.1, 0.15) is 5.75 Å². The first-order chi connectivity index (χ1) is 12.7. The molecule has 0 bridgehead atoms. The highest BCUT2D eigenvalue weighted by Gasteiger charge is 2.21. The van der Waals surface area contributed by atoms with Crippen LogP contribution >= 0.6 is 12.2 Å². The molecule has 26 heavy (non-hydrogen) atoms. The number of carbonyl (C=O) groups is 1. The number of rotatable bonds is 6. The van der Waals surface area contributed by atoms with Crippen LogP contribution in [0, 0.1) is 0 Å². The van der Waals surface area contributed by atoms with Crippen LogP contribution in [-0.2, 0) is 11.2 Å². The third-order valence-corrected chi connectivity index (χ3v) is 4.61. The highest BCUT2D eigenvalue weighted by atomic mass is 32.1. The minimum Gasteiger partial charge on any atom is -0.497 e. The standard InChI is InChI=1S/C20H23N3O2S/c1-25-18-10-4-15(5-11-18)12-13-21-20(26)22-16-6-8-17(9-7-16)23-14-2-3-19(23)24/h4-11H,2-3,12-14H2,1H3,(H2,21,22,26). The van der Waals surface area contributed by atoms with E-state index in [2.05, 4.69) is 22.8 Å². The summed E-state index contributed by atoms with van der Waals surface area (Å²) in [5, 5.41) is 6.97. The molecule has 1 saturated heterocycles. The maximum Gasteiger partial charge on any atom is 0.227 e. The van der Waals surface area contributed by atoms with Crippen LogP contribution in [0.25, 0.3) is 0 Å². The lowest BCUT2D eigenvalue weighted by atomic mass is 10.1. The second-order valence-corrected chi connectivity index (χ2v) is 6.58. The molecule has 0 spiro atoms. The Balaban J connectivity index is 1.44. The van der Waals surface area contributed by atoms with Crippen molar-refractivity contribution in [1.29, 1.82) is 0 Å². The Morgan fingerprint density at radius 3 is 2.50 bits per heavy atom. The van der Waals surface area contributed by atoms with Gasteiger partial charge in [0.2, 0.25) is 5.91 Å². The van der Waals surface area contributed by atoms with Gasteiger partial charge in [-0.05, 0) is 67.0 Å². The fourth-order valence-corrected chi connectivity index (χ4v) is 3.15. The predicted octanol–water partition coefficient (Wildman–Crippen LogP) is 3.35. The van der Waals surface area contributed by atoms with E-state index in [9.17, 15) is 4.79 Å². The monoisotopic (exact) mass is 369 g/mol. The fourth-order valence-electron chi connectivity index (χ4n) is 2.93. The van der Waals surface area contributed by atoms with Gasteiger partial charge in [0.25, 0.3) is 0 Å². The first-order valence-corrected chi connectivity index (χ1v) is 9.15. The first kappa shape index (κ1) is 18.2. The summed E-state index contributed by atoms with van der Waals surface area (Å²) in [6.07, 6.45) is 2.45. The normalized spacial score (nSPS) is 13.6. The number of anilines is 2. The number of thiocarbonyl (C=S) groups is 1. The van der Waals surface area contributed by atoms with Crippen molar-refractivity contribution in [2.45, 2.75) is 19.3 Å². The molecule has 3 rings (SSSR count). The van der Waals surface area contributed by atoms with Crippen LogP contribution in [0.15, 0.2) is 48.5 Å². The SMILES string of the molecule is COc1ccc(CCNC(=S)Nc2ccc(N3CCCC3=O)cc2)cc1. The summed E-state index contributed by atoms with van der Waals surface area (Å²) in [5.41, 5.74) is 3.07. The van der Waals surface area contributed by atoms with E-state index >= 15 is 0 Å². The Labute approximate surface area is 159 Å². The summed E-state index contributed by atoms with van der Waals surface area (Å²) in [5.74, 6) is 1.06. The molecule has 0 aliphatic carbocycles. The third-order valence-electron chi connectivity index (χ3n) is 4.37. The predicted molar refractivity (Wildman–Crippen MR) is 109 cm³/mol. The van der Waals surface area contributed by atoms with Gasteiger partial charge in [0.15, 0.2) is 5.11 Å². The smallest absolute Gasteiger partial charge is 0.227 e.